The summed E-state index contributed by atoms with van der Waals surface area (Å²) in [4.78, 5) is 13.4. The number of hydrogen-bond donors (Lipinski definition) is 2. The highest BCUT2D eigenvalue weighted by Gasteiger charge is 2.39. The van der Waals surface area contributed by atoms with Gasteiger partial charge in [-0.3, -0.25) is 4.79 Å². The fraction of sp³-hybridized carbons (Fsp3) is 0.909. The lowest BCUT2D eigenvalue weighted by Gasteiger charge is -2.34. The lowest BCUT2D eigenvalue weighted by Crippen LogP contribution is -2.56. The van der Waals surface area contributed by atoms with Crippen LogP contribution in [-0.4, -0.2) is 61.4 Å². The number of likely N-dealkylation sites (N-methyl/N-ethyl adjacent to an activating group) is 1. The van der Waals surface area contributed by atoms with Crippen molar-refractivity contribution in [2.24, 2.45) is 0 Å². The Hall–Kier alpha value is -0.650. The maximum Gasteiger partial charge on any atom is 0.324 e. The third kappa shape index (κ3) is 3.43. The van der Waals surface area contributed by atoms with E-state index in [0.29, 0.717) is 32.6 Å². The molecule has 1 heterocycles. The highest BCUT2D eigenvalue weighted by atomic mass is 16.5. The maximum atomic E-state index is 11.3. The molecule has 1 fully saturated rings. The van der Waals surface area contributed by atoms with Crippen LogP contribution < -0.4 is 5.32 Å². The van der Waals surface area contributed by atoms with Crippen LogP contribution in [0, 0.1) is 0 Å². The van der Waals surface area contributed by atoms with Gasteiger partial charge < -0.3 is 20.1 Å². The molecular formula is C11H22N2O3. The molecule has 5 nitrogen and oxygen atoms in total. The molecule has 0 unspecified atom stereocenters. The van der Waals surface area contributed by atoms with Crippen molar-refractivity contribution in [2.75, 3.05) is 39.9 Å². The largest absolute Gasteiger partial charge is 0.480 e. The van der Waals surface area contributed by atoms with Gasteiger partial charge >= 0.3 is 5.97 Å². The number of hydrogen-bond acceptors (Lipinski definition) is 4. The van der Waals surface area contributed by atoms with E-state index < -0.39 is 11.5 Å². The van der Waals surface area contributed by atoms with E-state index >= 15 is 0 Å². The molecular weight excluding hydrogens is 208 g/mol. The highest BCUT2D eigenvalue weighted by molar-refractivity contribution is 5.78. The third-order valence-corrected chi connectivity index (χ3v) is 3.25. The summed E-state index contributed by atoms with van der Waals surface area (Å²) in [5.74, 6) is -0.755. The first kappa shape index (κ1) is 13.4. The van der Waals surface area contributed by atoms with Crippen LogP contribution in [0.15, 0.2) is 0 Å². The molecule has 0 aromatic carbocycles. The molecule has 0 aromatic heterocycles. The smallest absolute Gasteiger partial charge is 0.324 e. The van der Waals surface area contributed by atoms with Gasteiger partial charge in [0.1, 0.15) is 5.54 Å². The second kappa shape index (κ2) is 6.18. The monoisotopic (exact) mass is 230 g/mol. The van der Waals surface area contributed by atoms with Crippen LogP contribution in [0.3, 0.4) is 0 Å². The van der Waals surface area contributed by atoms with Crippen LogP contribution >= 0.6 is 0 Å². The molecule has 0 aromatic rings. The number of nitrogens with zero attached hydrogens (tertiary/aromatic N) is 1. The van der Waals surface area contributed by atoms with Crippen LogP contribution in [0.2, 0.25) is 0 Å². The standard InChI is InChI=1S/C11H22N2O3/c1-3-13(2)7-6-12-11(10(14)15)4-8-16-9-5-11/h12H,3-9H2,1-2H3,(H,14,15). The molecule has 94 valence electrons. The Morgan fingerprint density at radius 1 is 1.50 bits per heavy atom. The van der Waals surface area contributed by atoms with E-state index in [1.165, 1.54) is 0 Å². The van der Waals surface area contributed by atoms with Crippen molar-refractivity contribution in [3.05, 3.63) is 0 Å². The molecule has 0 saturated carbocycles. The number of ether oxygens (including phenoxy) is 1. The van der Waals surface area contributed by atoms with Gasteiger partial charge in [0.15, 0.2) is 0 Å². The van der Waals surface area contributed by atoms with Crippen molar-refractivity contribution < 1.29 is 14.6 Å². The summed E-state index contributed by atoms with van der Waals surface area (Å²) >= 11 is 0. The normalized spacial score (nSPS) is 19.9. The van der Waals surface area contributed by atoms with Gasteiger partial charge in [0, 0.05) is 26.3 Å². The quantitative estimate of drug-likeness (QED) is 0.680. The van der Waals surface area contributed by atoms with Crippen molar-refractivity contribution in [2.45, 2.75) is 25.3 Å². The Bertz CT molecular complexity index is 227. The molecule has 1 aliphatic rings. The summed E-state index contributed by atoms with van der Waals surface area (Å²) in [6.45, 7) is 5.70. The van der Waals surface area contributed by atoms with Gasteiger partial charge in [-0.1, -0.05) is 6.92 Å². The van der Waals surface area contributed by atoms with E-state index in [-0.39, 0.29) is 0 Å². The zero-order valence-electron chi connectivity index (χ0n) is 10.2. The minimum absolute atomic E-state index is 0.531. The molecule has 1 rings (SSSR count). The molecule has 5 heteroatoms. The molecule has 0 amide bonds. The topological polar surface area (TPSA) is 61.8 Å². The number of carboxylic acid groups (broad SMARTS) is 1. The SMILES string of the molecule is CCN(C)CCNC1(C(=O)O)CCOCC1. The number of carbonyl (C=O) groups is 1. The Morgan fingerprint density at radius 2 is 2.12 bits per heavy atom. The van der Waals surface area contributed by atoms with E-state index in [4.69, 9.17) is 4.74 Å². The molecule has 2 N–H and O–H groups in total. The number of carboxylic acids is 1. The molecule has 0 atom stereocenters. The fourth-order valence-corrected chi connectivity index (χ4v) is 1.83. The molecule has 0 aliphatic carbocycles. The summed E-state index contributed by atoms with van der Waals surface area (Å²) in [5, 5.41) is 12.5. The van der Waals surface area contributed by atoms with Crippen molar-refractivity contribution in [1.82, 2.24) is 10.2 Å². The predicted molar refractivity (Wildman–Crippen MR) is 61.6 cm³/mol. The van der Waals surface area contributed by atoms with Gasteiger partial charge in [0.2, 0.25) is 0 Å². The first-order chi connectivity index (χ1) is 7.60. The summed E-state index contributed by atoms with van der Waals surface area (Å²) < 4.78 is 5.21. The van der Waals surface area contributed by atoms with Crippen molar-refractivity contribution in [3.8, 4) is 0 Å². The lowest BCUT2D eigenvalue weighted by molar-refractivity contribution is -0.149. The van der Waals surface area contributed by atoms with Crippen LogP contribution in [0.1, 0.15) is 19.8 Å². The average Bonchev–Trinajstić information content (AvgIpc) is 2.30. The van der Waals surface area contributed by atoms with Gasteiger partial charge in [-0.25, -0.2) is 0 Å². The van der Waals surface area contributed by atoms with Crippen molar-refractivity contribution in [3.63, 3.8) is 0 Å². The fourth-order valence-electron chi connectivity index (χ4n) is 1.83. The third-order valence-electron chi connectivity index (χ3n) is 3.25. The second-order valence-electron chi connectivity index (χ2n) is 4.32. The van der Waals surface area contributed by atoms with E-state index in [1.807, 2.05) is 7.05 Å². The van der Waals surface area contributed by atoms with Gasteiger partial charge in [-0.15, -0.1) is 0 Å². The number of nitrogens with one attached hydrogen (secondary N) is 1. The number of rotatable bonds is 6. The highest BCUT2D eigenvalue weighted by Crippen LogP contribution is 2.20. The first-order valence-corrected chi connectivity index (χ1v) is 5.85. The van der Waals surface area contributed by atoms with Crippen molar-refractivity contribution >= 4 is 5.97 Å². The summed E-state index contributed by atoms with van der Waals surface area (Å²) in [5.41, 5.74) is -0.771. The molecule has 16 heavy (non-hydrogen) atoms. The molecule has 0 radical (unpaired) electrons. The summed E-state index contributed by atoms with van der Waals surface area (Å²) in [7, 11) is 2.03. The number of aliphatic carboxylic acids is 1. The molecule has 0 bridgehead atoms. The van der Waals surface area contributed by atoms with Crippen molar-refractivity contribution in [1.29, 1.82) is 0 Å². The lowest BCUT2D eigenvalue weighted by atomic mass is 9.90. The van der Waals surface area contributed by atoms with Crippen LogP contribution in [0.4, 0.5) is 0 Å². The predicted octanol–water partition coefficient (Wildman–Crippen LogP) is 0.162. The zero-order chi connectivity index (χ0) is 12.0. The summed E-state index contributed by atoms with van der Waals surface area (Å²) in [6.07, 6.45) is 1.11. The Kier molecular flexibility index (Phi) is 5.18. The Labute approximate surface area is 96.8 Å². The van der Waals surface area contributed by atoms with Gasteiger partial charge in [-0.05, 0) is 26.4 Å². The zero-order valence-corrected chi connectivity index (χ0v) is 10.2. The van der Waals surface area contributed by atoms with E-state index in [2.05, 4.69) is 17.1 Å². The molecule has 1 aliphatic heterocycles. The van der Waals surface area contributed by atoms with Gasteiger partial charge in [0.25, 0.3) is 0 Å². The Balaban J connectivity index is 2.42. The average molecular weight is 230 g/mol. The van der Waals surface area contributed by atoms with E-state index in [9.17, 15) is 9.90 Å². The maximum absolute atomic E-state index is 11.3. The van der Waals surface area contributed by atoms with E-state index in [1.54, 1.807) is 0 Å². The van der Waals surface area contributed by atoms with Crippen LogP contribution in [0.5, 0.6) is 0 Å². The minimum Gasteiger partial charge on any atom is -0.480 e. The molecule has 1 saturated heterocycles. The van der Waals surface area contributed by atoms with Gasteiger partial charge in [0.05, 0.1) is 0 Å². The van der Waals surface area contributed by atoms with Gasteiger partial charge in [-0.2, -0.15) is 0 Å². The Morgan fingerprint density at radius 3 is 2.62 bits per heavy atom. The van der Waals surface area contributed by atoms with E-state index in [0.717, 1.165) is 13.1 Å². The minimum atomic E-state index is -0.771. The van der Waals surface area contributed by atoms with Crippen LogP contribution in [0.25, 0.3) is 0 Å². The first-order valence-electron chi connectivity index (χ1n) is 5.85. The molecule has 0 spiro atoms. The van der Waals surface area contributed by atoms with Crippen LogP contribution in [-0.2, 0) is 9.53 Å². The summed E-state index contributed by atoms with van der Waals surface area (Å²) in [6, 6.07) is 0. The second-order valence-corrected chi connectivity index (χ2v) is 4.32.